The van der Waals surface area contributed by atoms with E-state index in [2.05, 4.69) is 15.4 Å². The summed E-state index contributed by atoms with van der Waals surface area (Å²) in [5.74, 6) is 0.307. The average molecular weight is 200 g/mol. The number of H-pyrrole nitrogens is 1. The van der Waals surface area contributed by atoms with E-state index in [0.29, 0.717) is 11.6 Å². The molecule has 0 bridgehead atoms. The fourth-order valence-electron chi connectivity index (χ4n) is 1.60. The Hall–Kier alpha value is -2.30. The highest BCUT2D eigenvalue weighted by atomic mass is 16.5. The van der Waals surface area contributed by atoms with E-state index in [1.807, 2.05) is 18.2 Å². The standard InChI is InChI=1S/C10H8N4O/c11-9-4-8(14-15-9)7-3-1-2-6-5-12-13-10(6)7/h1-5H,11H2,(H,12,13). The largest absolute Gasteiger partial charge is 0.368 e. The molecule has 15 heavy (non-hydrogen) atoms. The van der Waals surface area contributed by atoms with Gasteiger partial charge in [-0.25, -0.2) is 0 Å². The third kappa shape index (κ3) is 1.17. The molecule has 74 valence electrons. The van der Waals surface area contributed by atoms with Crippen LogP contribution < -0.4 is 5.73 Å². The van der Waals surface area contributed by atoms with E-state index in [-0.39, 0.29) is 0 Å². The fraction of sp³-hybridized carbons (Fsp3) is 0. The van der Waals surface area contributed by atoms with Gasteiger partial charge in [0, 0.05) is 17.0 Å². The van der Waals surface area contributed by atoms with Crippen molar-refractivity contribution in [3.8, 4) is 11.3 Å². The predicted octanol–water partition coefficient (Wildman–Crippen LogP) is 1.80. The Kier molecular flexibility index (Phi) is 1.53. The smallest absolute Gasteiger partial charge is 0.222 e. The lowest BCUT2D eigenvalue weighted by Crippen LogP contribution is -1.80. The Balaban J connectivity index is 2.30. The van der Waals surface area contributed by atoms with Crippen LogP contribution in [-0.2, 0) is 0 Å². The van der Waals surface area contributed by atoms with E-state index in [1.165, 1.54) is 0 Å². The molecule has 0 aliphatic rings. The van der Waals surface area contributed by atoms with Crippen LogP contribution in [0.2, 0.25) is 0 Å². The molecule has 0 unspecified atom stereocenters. The summed E-state index contributed by atoms with van der Waals surface area (Å²) in [6.45, 7) is 0. The molecule has 0 saturated carbocycles. The summed E-state index contributed by atoms with van der Waals surface area (Å²) < 4.78 is 4.84. The summed E-state index contributed by atoms with van der Waals surface area (Å²) in [6, 6.07) is 7.55. The predicted molar refractivity (Wildman–Crippen MR) is 56.0 cm³/mol. The molecule has 3 N–H and O–H groups in total. The number of aromatic amines is 1. The number of para-hydroxylation sites is 1. The van der Waals surface area contributed by atoms with Crippen LogP contribution in [0.3, 0.4) is 0 Å². The lowest BCUT2D eigenvalue weighted by molar-refractivity contribution is 0.439. The number of fused-ring (bicyclic) bond motifs is 1. The SMILES string of the molecule is Nc1cc(-c2cccc3cn[nH]c23)no1. The monoisotopic (exact) mass is 200 g/mol. The van der Waals surface area contributed by atoms with Gasteiger partial charge in [0.15, 0.2) is 0 Å². The second kappa shape index (κ2) is 2.84. The van der Waals surface area contributed by atoms with E-state index in [4.69, 9.17) is 10.3 Å². The molecule has 3 aromatic rings. The Morgan fingerprint density at radius 3 is 3.07 bits per heavy atom. The van der Waals surface area contributed by atoms with Gasteiger partial charge in [-0.3, -0.25) is 5.10 Å². The van der Waals surface area contributed by atoms with Crippen molar-refractivity contribution in [2.24, 2.45) is 0 Å². The van der Waals surface area contributed by atoms with Crippen LogP contribution in [0.15, 0.2) is 35.0 Å². The third-order valence-corrected chi connectivity index (χ3v) is 2.28. The van der Waals surface area contributed by atoms with Gasteiger partial charge in [0.1, 0.15) is 5.69 Å². The molecule has 2 heterocycles. The van der Waals surface area contributed by atoms with Gasteiger partial charge >= 0.3 is 0 Å². The van der Waals surface area contributed by atoms with E-state index in [1.54, 1.807) is 12.3 Å². The first-order chi connectivity index (χ1) is 7.34. The maximum atomic E-state index is 5.48. The summed E-state index contributed by atoms with van der Waals surface area (Å²) in [5.41, 5.74) is 8.06. The molecule has 1 aromatic carbocycles. The molecule has 0 spiro atoms. The van der Waals surface area contributed by atoms with E-state index < -0.39 is 0 Å². The third-order valence-electron chi connectivity index (χ3n) is 2.28. The molecule has 5 nitrogen and oxygen atoms in total. The minimum absolute atomic E-state index is 0.307. The first-order valence-corrected chi connectivity index (χ1v) is 4.49. The van der Waals surface area contributed by atoms with Gasteiger partial charge in [-0.1, -0.05) is 23.4 Å². The Bertz CT molecular complexity index is 610. The number of nitrogens with zero attached hydrogens (tertiary/aromatic N) is 2. The van der Waals surface area contributed by atoms with Gasteiger partial charge in [-0.15, -0.1) is 0 Å². The van der Waals surface area contributed by atoms with Crippen molar-refractivity contribution in [3.63, 3.8) is 0 Å². The van der Waals surface area contributed by atoms with E-state index >= 15 is 0 Å². The zero-order valence-electron chi connectivity index (χ0n) is 7.77. The highest BCUT2D eigenvalue weighted by Gasteiger charge is 2.08. The van der Waals surface area contributed by atoms with Crippen molar-refractivity contribution in [2.75, 3.05) is 5.73 Å². The van der Waals surface area contributed by atoms with Crippen molar-refractivity contribution in [3.05, 3.63) is 30.5 Å². The molecule has 0 fully saturated rings. The number of nitrogen functional groups attached to an aromatic ring is 1. The number of nitrogens with one attached hydrogen (secondary N) is 1. The van der Waals surface area contributed by atoms with Crippen molar-refractivity contribution in [1.82, 2.24) is 15.4 Å². The van der Waals surface area contributed by atoms with Crippen LogP contribution in [-0.4, -0.2) is 15.4 Å². The van der Waals surface area contributed by atoms with Crippen LogP contribution in [0.5, 0.6) is 0 Å². The summed E-state index contributed by atoms with van der Waals surface area (Å²) >= 11 is 0. The van der Waals surface area contributed by atoms with Gasteiger partial charge in [-0.05, 0) is 0 Å². The Labute approximate surface area is 84.9 Å². The average Bonchev–Trinajstić information content (AvgIpc) is 2.84. The molecule has 0 aliphatic carbocycles. The normalized spacial score (nSPS) is 10.9. The quantitative estimate of drug-likeness (QED) is 0.627. The zero-order valence-corrected chi connectivity index (χ0v) is 7.77. The van der Waals surface area contributed by atoms with Crippen molar-refractivity contribution in [2.45, 2.75) is 0 Å². The van der Waals surface area contributed by atoms with Crippen molar-refractivity contribution >= 4 is 16.8 Å². The van der Waals surface area contributed by atoms with Gasteiger partial charge in [0.2, 0.25) is 5.88 Å². The van der Waals surface area contributed by atoms with Gasteiger partial charge in [0.25, 0.3) is 0 Å². The molecule has 0 saturated heterocycles. The molecule has 3 rings (SSSR count). The molecule has 0 atom stereocenters. The van der Waals surface area contributed by atoms with Gasteiger partial charge < -0.3 is 10.3 Å². The first kappa shape index (κ1) is 8.05. The molecule has 0 amide bonds. The number of hydrogen-bond acceptors (Lipinski definition) is 4. The molecule has 5 heteroatoms. The van der Waals surface area contributed by atoms with Crippen LogP contribution in [0.1, 0.15) is 0 Å². The minimum Gasteiger partial charge on any atom is -0.368 e. The maximum Gasteiger partial charge on any atom is 0.222 e. The van der Waals surface area contributed by atoms with Crippen LogP contribution in [0.4, 0.5) is 5.88 Å². The second-order valence-electron chi connectivity index (χ2n) is 3.25. The van der Waals surface area contributed by atoms with Crippen molar-refractivity contribution < 1.29 is 4.52 Å². The topological polar surface area (TPSA) is 80.7 Å². The summed E-state index contributed by atoms with van der Waals surface area (Å²) in [4.78, 5) is 0. The fourth-order valence-corrected chi connectivity index (χ4v) is 1.60. The summed E-state index contributed by atoms with van der Waals surface area (Å²) in [6.07, 6.45) is 1.77. The highest BCUT2D eigenvalue weighted by Crippen LogP contribution is 2.26. The summed E-state index contributed by atoms with van der Waals surface area (Å²) in [5, 5.41) is 11.8. The molecular formula is C10H8N4O. The number of hydrogen-bond donors (Lipinski definition) is 2. The number of benzene rings is 1. The number of rotatable bonds is 1. The minimum atomic E-state index is 0.307. The Morgan fingerprint density at radius 2 is 2.27 bits per heavy atom. The van der Waals surface area contributed by atoms with Gasteiger partial charge in [-0.2, -0.15) is 5.10 Å². The molecule has 0 radical (unpaired) electrons. The molecule has 0 aliphatic heterocycles. The van der Waals surface area contributed by atoms with Gasteiger partial charge in [0.05, 0.1) is 11.7 Å². The number of aromatic nitrogens is 3. The highest BCUT2D eigenvalue weighted by molar-refractivity contribution is 5.92. The molecule has 2 aromatic heterocycles. The Morgan fingerprint density at radius 1 is 1.33 bits per heavy atom. The molecular weight excluding hydrogens is 192 g/mol. The number of nitrogens with two attached hydrogens (primary N) is 1. The van der Waals surface area contributed by atoms with Crippen LogP contribution >= 0.6 is 0 Å². The van der Waals surface area contributed by atoms with E-state index in [9.17, 15) is 0 Å². The lowest BCUT2D eigenvalue weighted by atomic mass is 10.1. The zero-order chi connectivity index (χ0) is 10.3. The number of anilines is 1. The van der Waals surface area contributed by atoms with Crippen LogP contribution in [0.25, 0.3) is 22.2 Å². The second-order valence-corrected chi connectivity index (χ2v) is 3.25. The maximum absolute atomic E-state index is 5.48. The summed E-state index contributed by atoms with van der Waals surface area (Å²) in [7, 11) is 0. The lowest BCUT2D eigenvalue weighted by Gasteiger charge is -1.96. The van der Waals surface area contributed by atoms with Crippen LogP contribution in [0, 0.1) is 0 Å². The first-order valence-electron chi connectivity index (χ1n) is 4.49. The van der Waals surface area contributed by atoms with E-state index in [0.717, 1.165) is 16.5 Å². The van der Waals surface area contributed by atoms with Crippen molar-refractivity contribution in [1.29, 1.82) is 0 Å².